The molecule has 1 aromatic carbocycles. The van der Waals surface area contributed by atoms with Gasteiger partial charge in [0, 0.05) is 31.7 Å². The van der Waals surface area contributed by atoms with E-state index in [1.165, 1.54) is 25.7 Å². The van der Waals surface area contributed by atoms with Crippen LogP contribution in [0.2, 0.25) is 0 Å². The van der Waals surface area contributed by atoms with Gasteiger partial charge < -0.3 is 14.6 Å². The van der Waals surface area contributed by atoms with Crippen LogP contribution in [-0.2, 0) is 6.54 Å². The Labute approximate surface area is 193 Å². The van der Waals surface area contributed by atoms with Crippen molar-refractivity contribution in [1.82, 2.24) is 19.5 Å². The van der Waals surface area contributed by atoms with E-state index < -0.39 is 11.2 Å². The van der Waals surface area contributed by atoms with Crippen molar-refractivity contribution < 1.29 is 5.11 Å². The molecule has 176 valence electrons. The molecule has 0 aromatic heterocycles. The van der Waals surface area contributed by atoms with Crippen molar-refractivity contribution in [3.05, 3.63) is 50.9 Å². The first kappa shape index (κ1) is 23.0. The van der Waals surface area contributed by atoms with Crippen molar-refractivity contribution in [3.8, 4) is 11.5 Å². The third-order valence-corrected chi connectivity index (χ3v) is 6.78. The number of benzene rings is 1. The van der Waals surface area contributed by atoms with Crippen LogP contribution in [0.5, 0.6) is 0 Å². The standard InChI is InChI=1S/C25H33N5O3/c1-16-14-19-21(15-20(16)29(3)18-11-7-8-12-18)30(13-9-5-4-6-10-17(2)31)23-22(26-19)24(32)28-25(33)27-23/h14-15,18,31H,2,4-13H2,1,3H3,(H,28,32,33). The van der Waals surface area contributed by atoms with E-state index in [-0.39, 0.29) is 11.5 Å². The molecule has 4 rings (SSSR count). The number of fused-ring (bicyclic) bond motifs is 2. The number of aromatic nitrogens is 4. The van der Waals surface area contributed by atoms with Crippen LogP contribution < -0.4 is 16.1 Å². The van der Waals surface area contributed by atoms with Gasteiger partial charge in [-0.15, -0.1) is 0 Å². The molecule has 2 heterocycles. The molecular formula is C25H33N5O3. The molecule has 1 aromatic rings. The molecule has 0 unspecified atom stereocenters. The Balaban J connectivity index is 1.74. The van der Waals surface area contributed by atoms with Gasteiger partial charge in [0.15, 0.2) is 11.5 Å². The number of aromatic amines is 1. The normalized spacial score (nSPS) is 14.4. The first-order valence-corrected chi connectivity index (χ1v) is 11.9. The van der Waals surface area contributed by atoms with Crippen molar-refractivity contribution in [2.75, 3.05) is 11.9 Å². The molecule has 8 heteroatoms. The van der Waals surface area contributed by atoms with Crippen LogP contribution in [0.15, 0.2) is 34.1 Å². The number of hydrogen-bond donors (Lipinski definition) is 2. The Bertz CT molecular complexity index is 1240. The molecule has 0 bridgehead atoms. The predicted octanol–water partition coefficient (Wildman–Crippen LogP) is 4.29. The quantitative estimate of drug-likeness (QED) is 0.286. The van der Waals surface area contributed by atoms with Crippen LogP contribution in [0.1, 0.15) is 63.4 Å². The lowest BCUT2D eigenvalue weighted by Crippen LogP contribution is -2.30. The van der Waals surface area contributed by atoms with E-state index in [9.17, 15) is 14.7 Å². The molecule has 0 spiro atoms. The summed E-state index contributed by atoms with van der Waals surface area (Å²) in [5.41, 5.74) is 2.91. The number of rotatable bonds is 9. The maximum atomic E-state index is 12.5. The summed E-state index contributed by atoms with van der Waals surface area (Å²) in [5.74, 6) is 0.550. The van der Waals surface area contributed by atoms with E-state index in [0.717, 1.165) is 48.0 Å². The van der Waals surface area contributed by atoms with Crippen molar-refractivity contribution in [3.63, 3.8) is 0 Å². The summed E-state index contributed by atoms with van der Waals surface area (Å²) in [6, 6.07) is 4.70. The van der Waals surface area contributed by atoms with Gasteiger partial charge in [0.1, 0.15) is 0 Å². The number of allylic oxidation sites excluding steroid dienone is 1. The number of nitrogens with zero attached hydrogens (tertiary/aromatic N) is 4. The molecule has 3 aliphatic rings. The van der Waals surface area contributed by atoms with Crippen molar-refractivity contribution in [2.24, 2.45) is 0 Å². The summed E-state index contributed by atoms with van der Waals surface area (Å²) in [4.78, 5) is 37.9. The number of aryl methyl sites for hydroxylation is 2. The molecule has 0 radical (unpaired) electrons. The number of H-pyrrole nitrogens is 1. The Morgan fingerprint density at radius 2 is 1.91 bits per heavy atom. The largest absolute Gasteiger partial charge is 0.513 e. The second-order valence-corrected chi connectivity index (χ2v) is 9.21. The minimum atomic E-state index is -0.653. The monoisotopic (exact) mass is 451 g/mol. The zero-order valence-electron chi connectivity index (χ0n) is 19.6. The van der Waals surface area contributed by atoms with Crippen LogP contribution in [-0.4, -0.2) is 37.7 Å². The lowest BCUT2D eigenvalue weighted by molar-refractivity contribution is 0.383. The Morgan fingerprint density at radius 3 is 2.64 bits per heavy atom. The van der Waals surface area contributed by atoms with Gasteiger partial charge in [0.25, 0.3) is 5.56 Å². The van der Waals surface area contributed by atoms with Gasteiger partial charge in [-0.1, -0.05) is 32.3 Å². The lowest BCUT2D eigenvalue weighted by atomic mass is 10.1. The van der Waals surface area contributed by atoms with Gasteiger partial charge >= 0.3 is 5.69 Å². The average Bonchev–Trinajstić information content (AvgIpc) is 3.30. The number of anilines is 1. The number of unbranched alkanes of at least 4 members (excludes halogenated alkanes) is 3. The molecule has 0 amide bonds. The summed E-state index contributed by atoms with van der Waals surface area (Å²) in [7, 11) is 2.15. The maximum Gasteiger partial charge on any atom is 0.349 e. The minimum absolute atomic E-state index is 0.190. The fourth-order valence-corrected chi connectivity index (χ4v) is 4.98. The highest BCUT2D eigenvalue weighted by Gasteiger charge is 2.23. The summed E-state index contributed by atoms with van der Waals surface area (Å²) < 4.78 is 1.98. The topological polar surface area (TPSA) is 104 Å². The zero-order chi connectivity index (χ0) is 23.5. The van der Waals surface area contributed by atoms with Gasteiger partial charge in [0.05, 0.1) is 16.8 Å². The molecule has 2 aliphatic heterocycles. The second-order valence-electron chi connectivity index (χ2n) is 9.21. The highest BCUT2D eigenvalue weighted by Crippen LogP contribution is 2.33. The van der Waals surface area contributed by atoms with Gasteiger partial charge in [-0.05, 0) is 50.3 Å². The van der Waals surface area contributed by atoms with E-state index in [1.807, 2.05) is 10.6 Å². The van der Waals surface area contributed by atoms with E-state index in [0.29, 0.717) is 24.8 Å². The van der Waals surface area contributed by atoms with E-state index >= 15 is 0 Å². The third kappa shape index (κ3) is 4.94. The summed E-state index contributed by atoms with van der Waals surface area (Å²) in [5, 5.41) is 9.27. The van der Waals surface area contributed by atoms with Crippen LogP contribution in [0.25, 0.3) is 22.6 Å². The average molecular weight is 452 g/mol. The predicted molar refractivity (Wildman–Crippen MR) is 131 cm³/mol. The minimum Gasteiger partial charge on any atom is -0.513 e. The van der Waals surface area contributed by atoms with Gasteiger partial charge in [-0.25, -0.2) is 9.78 Å². The van der Waals surface area contributed by atoms with Gasteiger partial charge in [-0.2, -0.15) is 4.98 Å². The number of nitrogens with one attached hydrogen (secondary N) is 1. The van der Waals surface area contributed by atoms with Crippen molar-refractivity contribution in [2.45, 2.75) is 77.3 Å². The molecule has 0 atom stereocenters. The fourth-order valence-electron chi connectivity index (χ4n) is 4.98. The van der Waals surface area contributed by atoms with Crippen molar-refractivity contribution >= 4 is 16.7 Å². The molecule has 1 saturated carbocycles. The zero-order valence-corrected chi connectivity index (χ0v) is 19.6. The second kappa shape index (κ2) is 9.77. The van der Waals surface area contributed by atoms with Crippen LogP contribution >= 0.6 is 0 Å². The Morgan fingerprint density at radius 1 is 1.18 bits per heavy atom. The van der Waals surface area contributed by atoms with Gasteiger partial charge in [0.2, 0.25) is 0 Å². The van der Waals surface area contributed by atoms with Crippen LogP contribution in [0.4, 0.5) is 5.69 Å². The highest BCUT2D eigenvalue weighted by molar-refractivity contribution is 5.84. The molecule has 8 nitrogen and oxygen atoms in total. The summed E-state index contributed by atoms with van der Waals surface area (Å²) in [6.07, 6.45) is 9.20. The number of hydrogen-bond acceptors (Lipinski definition) is 6. The first-order valence-electron chi connectivity index (χ1n) is 11.9. The van der Waals surface area contributed by atoms with E-state index in [2.05, 4.69) is 46.5 Å². The SMILES string of the molecule is C=C(O)CCCCCCn1c2nc(=O)[nH]c(=O)c-2nc2cc(C)c(N(C)C3CCCC3)cc21. The molecule has 1 aliphatic carbocycles. The van der Waals surface area contributed by atoms with E-state index in [1.54, 1.807) is 0 Å². The Hall–Kier alpha value is -3.16. The van der Waals surface area contributed by atoms with Crippen LogP contribution in [0, 0.1) is 6.92 Å². The summed E-state index contributed by atoms with van der Waals surface area (Å²) >= 11 is 0. The summed E-state index contributed by atoms with van der Waals surface area (Å²) in [6.45, 7) is 6.24. The lowest BCUT2D eigenvalue weighted by Gasteiger charge is -2.29. The van der Waals surface area contributed by atoms with E-state index in [4.69, 9.17) is 0 Å². The first-order chi connectivity index (χ1) is 15.8. The molecular weight excluding hydrogens is 418 g/mol. The van der Waals surface area contributed by atoms with Crippen LogP contribution in [0.3, 0.4) is 0 Å². The molecule has 1 fully saturated rings. The fraction of sp³-hybridized carbons (Fsp3) is 0.520. The number of aliphatic hydroxyl groups is 1. The smallest absolute Gasteiger partial charge is 0.349 e. The third-order valence-electron chi connectivity index (χ3n) is 6.78. The molecule has 0 saturated heterocycles. The number of aliphatic hydroxyl groups excluding tert-OH is 1. The maximum absolute atomic E-state index is 12.5. The van der Waals surface area contributed by atoms with Gasteiger partial charge in [-0.3, -0.25) is 9.78 Å². The van der Waals surface area contributed by atoms with Crippen molar-refractivity contribution in [1.29, 1.82) is 0 Å². The highest BCUT2D eigenvalue weighted by atomic mass is 16.3. The molecule has 33 heavy (non-hydrogen) atoms. The Kier molecular flexibility index (Phi) is 6.81. The molecule has 2 N–H and O–H groups in total.